The number of hydrogen-bond acceptors (Lipinski definition) is 4. The average Bonchev–Trinajstić information content (AvgIpc) is 2.59. The van der Waals surface area contributed by atoms with Crippen molar-refractivity contribution in [3.05, 3.63) is 23.8 Å². The predicted molar refractivity (Wildman–Crippen MR) is 53.6 cm³/mol. The molecule has 0 unspecified atom stereocenters. The Hall–Kier alpha value is -1.84. The molecule has 0 atom stereocenters. The second kappa shape index (κ2) is 3.14. The highest BCUT2D eigenvalue weighted by molar-refractivity contribution is 6.04. The lowest BCUT2D eigenvalue weighted by Crippen LogP contribution is -1.91. The highest BCUT2D eigenvalue weighted by atomic mass is 16.4. The summed E-state index contributed by atoms with van der Waals surface area (Å²) in [6.45, 7) is 1.51. The number of carbonyl (C=O) groups is 1. The quantitative estimate of drug-likeness (QED) is 0.736. The molecule has 1 aromatic heterocycles. The summed E-state index contributed by atoms with van der Waals surface area (Å²) in [6, 6.07) is 5.76. The van der Waals surface area contributed by atoms with Crippen LogP contribution in [0.4, 0.5) is 6.01 Å². The number of ketones is 1. The molecule has 1 heterocycles. The van der Waals surface area contributed by atoms with Crippen molar-refractivity contribution in [3.8, 4) is 0 Å². The number of aromatic nitrogens is 1. The van der Waals surface area contributed by atoms with Gasteiger partial charge in [-0.3, -0.25) is 4.79 Å². The molecule has 0 fully saturated rings. The lowest BCUT2D eigenvalue weighted by molar-refractivity contribution is 0.101. The molecule has 0 spiro atoms. The van der Waals surface area contributed by atoms with Crippen molar-refractivity contribution in [1.82, 2.24) is 4.98 Å². The molecular weight excluding hydrogens is 180 g/mol. The molecule has 0 aliphatic rings. The Bertz CT molecular complexity index is 488. The highest BCUT2D eigenvalue weighted by Gasteiger charge is 2.11. The molecule has 0 aliphatic heterocycles. The summed E-state index contributed by atoms with van der Waals surface area (Å²) in [5.41, 5.74) is 1.81. The van der Waals surface area contributed by atoms with E-state index in [0.29, 0.717) is 22.7 Å². The van der Waals surface area contributed by atoms with Gasteiger partial charge in [-0.1, -0.05) is 6.07 Å². The molecule has 0 saturated heterocycles. The Labute approximate surface area is 80.9 Å². The van der Waals surface area contributed by atoms with Crippen LogP contribution >= 0.6 is 0 Å². The normalized spacial score (nSPS) is 10.4. The Morgan fingerprint density at radius 3 is 2.93 bits per heavy atom. The molecule has 0 radical (unpaired) electrons. The average molecular weight is 190 g/mol. The molecule has 1 aromatic carbocycles. The minimum absolute atomic E-state index is 0.0191. The van der Waals surface area contributed by atoms with Gasteiger partial charge < -0.3 is 9.73 Å². The number of nitrogens with one attached hydrogen (secondary N) is 1. The van der Waals surface area contributed by atoms with Crippen LogP contribution in [0.5, 0.6) is 0 Å². The van der Waals surface area contributed by atoms with Gasteiger partial charge in [0.15, 0.2) is 11.4 Å². The summed E-state index contributed by atoms with van der Waals surface area (Å²) in [4.78, 5) is 15.4. The summed E-state index contributed by atoms with van der Waals surface area (Å²) in [5.74, 6) is -0.0191. The van der Waals surface area contributed by atoms with E-state index in [1.807, 2.05) is 6.07 Å². The number of benzene rings is 1. The Kier molecular flexibility index (Phi) is 1.96. The van der Waals surface area contributed by atoms with Gasteiger partial charge in [0.25, 0.3) is 6.01 Å². The minimum atomic E-state index is -0.0191. The summed E-state index contributed by atoms with van der Waals surface area (Å²) >= 11 is 0. The van der Waals surface area contributed by atoms with Crippen LogP contribution in [0.2, 0.25) is 0 Å². The standard InChI is InChI=1S/C10H10N2O2/c1-6(13)7-4-3-5-8-9(7)14-10(11-2)12-8/h3-5H,1-2H3,(H,11,12). The third kappa shape index (κ3) is 1.25. The van der Waals surface area contributed by atoms with Gasteiger partial charge in [0, 0.05) is 7.05 Å². The Morgan fingerprint density at radius 2 is 2.29 bits per heavy atom. The van der Waals surface area contributed by atoms with E-state index in [-0.39, 0.29) is 5.78 Å². The molecule has 14 heavy (non-hydrogen) atoms. The number of fused-ring (bicyclic) bond motifs is 1. The third-order valence-corrected chi connectivity index (χ3v) is 2.01. The molecule has 0 aliphatic carbocycles. The fourth-order valence-electron chi connectivity index (χ4n) is 1.33. The van der Waals surface area contributed by atoms with Gasteiger partial charge in [0.05, 0.1) is 5.56 Å². The zero-order valence-corrected chi connectivity index (χ0v) is 8.00. The molecule has 4 nitrogen and oxygen atoms in total. The van der Waals surface area contributed by atoms with Crippen LogP contribution < -0.4 is 5.32 Å². The van der Waals surface area contributed by atoms with Crippen LogP contribution in [-0.2, 0) is 0 Å². The van der Waals surface area contributed by atoms with Gasteiger partial charge in [-0.15, -0.1) is 0 Å². The van der Waals surface area contributed by atoms with Crippen molar-refractivity contribution in [2.45, 2.75) is 6.92 Å². The number of hydrogen-bond donors (Lipinski definition) is 1. The van der Waals surface area contributed by atoms with Crippen LogP contribution in [0.1, 0.15) is 17.3 Å². The minimum Gasteiger partial charge on any atom is -0.423 e. The molecule has 0 amide bonds. The number of para-hydroxylation sites is 1. The molecular formula is C10H10N2O2. The van der Waals surface area contributed by atoms with E-state index in [1.54, 1.807) is 19.2 Å². The van der Waals surface area contributed by atoms with E-state index in [0.717, 1.165) is 0 Å². The number of rotatable bonds is 2. The van der Waals surface area contributed by atoms with Crippen LogP contribution in [0.25, 0.3) is 11.1 Å². The van der Waals surface area contributed by atoms with Gasteiger partial charge in [-0.05, 0) is 19.1 Å². The van der Waals surface area contributed by atoms with E-state index >= 15 is 0 Å². The summed E-state index contributed by atoms with van der Waals surface area (Å²) in [5, 5.41) is 2.79. The summed E-state index contributed by atoms with van der Waals surface area (Å²) in [7, 11) is 1.72. The molecule has 4 heteroatoms. The number of Topliss-reactive ketones (excluding diaryl/α,β-unsaturated/α-hetero) is 1. The van der Waals surface area contributed by atoms with Crippen molar-refractivity contribution < 1.29 is 9.21 Å². The maximum Gasteiger partial charge on any atom is 0.295 e. The first-order chi connectivity index (χ1) is 6.72. The number of carbonyl (C=O) groups excluding carboxylic acids is 1. The Balaban J connectivity index is 2.73. The maximum atomic E-state index is 11.2. The second-order valence-corrected chi connectivity index (χ2v) is 2.98. The van der Waals surface area contributed by atoms with Gasteiger partial charge >= 0.3 is 0 Å². The first-order valence-corrected chi connectivity index (χ1v) is 4.30. The summed E-state index contributed by atoms with van der Waals surface area (Å²) < 4.78 is 5.37. The molecule has 2 rings (SSSR count). The zero-order chi connectivity index (χ0) is 10.1. The second-order valence-electron chi connectivity index (χ2n) is 2.98. The van der Waals surface area contributed by atoms with Gasteiger partial charge in [0.1, 0.15) is 5.52 Å². The number of anilines is 1. The van der Waals surface area contributed by atoms with E-state index in [2.05, 4.69) is 10.3 Å². The lowest BCUT2D eigenvalue weighted by atomic mass is 10.1. The van der Waals surface area contributed by atoms with E-state index < -0.39 is 0 Å². The van der Waals surface area contributed by atoms with Crippen LogP contribution in [0, 0.1) is 0 Å². The largest absolute Gasteiger partial charge is 0.423 e. The summed E-state index contributed by atoms with van der Waals surface area (Å²) in [6.07, 6.45) is 0. The molecule has 2 aromatic rings. The Morgan fingerprint density at radius 1 is 1.50 bits per heavy atom. The lowest BCUT2D eigenvalue weighted by Gasteiger charge is -1.93. The van der Waals surface area contributed by atoms with E-state index in [1.165, 1.54) is 6.92 Å². The van der Waals surface area contributed by atoms with Gasteiger partial charge in [0.2, 0.25) is 0 Å². The zero-order valence-electron chi connectivity index (χ0n) is 8.00. The predicted octanol–water partition coefficient (Wildman–Crippen LogP) is 2.07. The SMILES string of the molecule is CNc1nc2cccc(C(C)=O)c2o1. The fourth-order valence-corrected chi connectivity index (χ4v) is 1.33. The number of nitrogens with zero attached hydrogens (tertiary/aromatic N) is 1. The monoisotopic (exact) mass is 190 g/mol. The van der Waals surface area contributed by atoms with Gasteiger partial charge in [-0.2, -0.15) is 4.98 Å². The smallest absolute Gasteiger partial charge is 0.295 e. The maximum absolute atomic E-state index is 11.2. The van der Waals surface area contributed by atoms with Crippen molar-refractivity contribution in [3.63, 3.8) is 0 Å². The molecule has 0 bridgehead atoms. The van der Waals surface area contributed by atoms with Crippen LogP contribution in [0.3, 0.4) is 0 Å². The topological polar surface area (TPSA) is 55.1 Å². The third-order valence-electron chi connectivity index (χ3n) is 2.01. The van der Waals surface area contributed by atoms with E-state index in [9.17, 15) is 4.79 Å². The fraction of sp³-hybridized carbons (Fsp3) is 0.200. The molecule has 1 N–H and O–H groups in total. The number of oxazole rings is 1. The highest BCUT2D eigenvalue weighted by Crippen LogP contribution is 2.22. The first kappa shape index (κ1) is 8.74. The van der Waals surface area contributed by atoms with Crippen molar-refractivity contribution in [1.29, 1.82) is 0 Å². The van der Waals surface area contributed by atoms with Crippen molar-refractivity contribution >= 4 is 22.9 Å². The van der Waals surface area contributed by atoms with Gasteiger partial charge in [-0.25, -0.2) is 0 Å². The van der Waals surface area contributed by atoms with E-state index in [4.69, 9.17) is 4.42 Å². The van der Waals surface area contributed by atoms with Crippen LogP contribution in [0.15, 0.2) is 22.6 Å². The first-order valence-electron chi connectivity index (χ1n) is 4.30. The van der Waals surface area contributed by atoms with Crippen molar-refractivity contribution in [2.75, 3.05) is 12.4 Å². The van der Waals surface area contributed by atoms with Crippen LogP contribution in [-0.4, -0.2) is 17.8 Å². The molecule has 72 valence electrons. The molecule has 0 saturated carbocycles. The van der Waals surface area contributed by atoms with Crippen molar-refractivity contribution in [2.24, 2.45) is 0 Å².